The van der Waals surface area contributed by atoms with Gasteiger partial charge in [0.25, 0.3) is 0 Å². The minimum Gasteiger partial charge on any atom is -0.323 e. The molecule has 5 nitrogen and oxygen atoms in total. The van der Waals surface area contributed by atoms with Crippen LogP contribution in [-0.4, -0.2) is 25.9 Å². The number of aromatic nitrogens is 3. The molecule has 1 heterocycles. The highest BCUT2D eigenvalue weighted by Gasteiger charge is 2.20. The predicted molar refractivity (Wildman–Crippen MR) is 96.7 cm³/mol. The van der Waals surface area contributed by atoms with Gasteiger partial charge in [-0.05, 0) is 19.1 Å². The fraction of sp³-hybridized carbons (Fsp3) is 0.167. The van der Waals surface area contributed by atoms with Gasteiger partial charge in [-0.25, -0.2) is 8.78 Å². The average Bonchev–Trinajstić information content (AvgIpc) is 2.99. The fourth-order valence-corrected chi connectivity index (χ4v) is 3.11. The van der Waals surface area contributed by atoms with Crippen molar-refractivity contribution in [2.45, 2.75) is 17.3 Å². The first kappa shape index (κ1) is 18.1. The van der Waals surface area contributed by atoms with Gasteiger partial charge in [-0.1, -0.05) is 42.1 Å². The summed E-state index contributed by atoms with van der Waals surface area (Å²) < 4.78 is 28.7. The van der Waals surface area contributed by atoms with E-state index >= 15 is 0 Å². The summed E-state index contributed by atoms with van der Waals surface area (Å²) in [6.45, 7) is 1.66. The molecular formula is C18H16F2N4OS. The number of nitrogens with one attached hydrogen (secondary N) is 1. The number of benzene rings is 2. The molecule has 8 heteroatoms. The number of nitrogens with zero attached hydrogens (tertiary/aromatic N) is 3. The minimum absolute atomic E-state index is 0.189. The van der Waals surface area contributed by atoms with E-state index in [2.05, 4.69) is 15.5 Å². The number of hydrogen-bond donors (Lipinski definition) is 1. The van der Waals surface area contributed by atoms with Gasteiger partial charge in [0.05, 0.1) is 10.9 Å². The molecule has 0 aliphatic carbocycles. The third kappa shape index (κ3) is 3.91. The van der Waals surface area contributed by atoms with Gasteiger partial charge in [0, 0.05) is 18.7 Å². The first-order chi connectivity index (χ1) is 12.5. The van der Waals surface area contributed by atoms with Crippen molar-refractivity contribution in [1.82, 2.24) is 14.8 Å². The summed E-state index contributed by atoms with van der Waals surface area (Å²) in [7, 11) is 1.81. The second-order valence-electron chi connectivity index (χ2n) is 5.60. The lowest BCUT2D eigenvalue weighted by molar-refractivity contribution is -0.115. The minimum atomic E-state index is -0.693. The summed E-state index contributed by atoms with van der Waals surface area (Å²) in [5.74, 6) is -1.09. The lowest BCUT2D eigenvalue weighted by atomic mass is 10.2. The highest BCUT2D eigenvalue weighted by molar-refractivity contribution is 8.00. The maximum Gasteiger partial charge on any atom is 0.237 e. The van der Waals surface area contributed by atoms with E-state index in [1.165, 1.54) is 11.8 Å². The molecule has 0 radical (unpaired) electrons. The van der Waals surface area contributed by atoms with Crippen molar-refractivity contribution in [3.8, 4) is 11.4 Å². The SMILES string of the molecule is CC(Sc1nnc(-c2ccccc2)n1C)C(=O)Nc1cc(F)ccc1F. The van der Waals surface area contributed by atoms with E-state index in [4.69, 9.17) is 0 Å². The van der Waals surface area contributed by atoms with Crippen molar-refractivity contribution in [1.29, 1.82) is 0 Å². The smallest absolute Gasteiger partial charge is 0.237 e. The maximum atomic E-state index is 13.7. The zero-order chi connectivity index (χ0) is 18.7. The molecule has 0 saturated heterocycles. The number of hydrogen-bond acceptors (Lipinski definition) is 4. The van der Waals surface area contributed by atoms with Gasteiger partial charge in [-0.2, -0.15) is 0 Å². The Morgan fingerprint density at radius 1 is 1.15 bits per heavy atom. The van der Waals surface area contributed by atoms with E-state index in [1.54, 1.807) is 11.5 Å². The van der Waals surface area contributed by atoms with Crippen LogP contribution in [0.15, 0.2) is 53.7 Å². The van der Waals surface area contributed by atoms with Crippen LogP contribution < -0.4 is 5.32 Å². The number of thioether (sulfide) groups is 1. The Kier molecular flexibility index (Phi) is 5.32. The second kappa shape index (κ2) is 7.65. The topological polar surface area (TPSA) is 59.8 Å². The van der Waals surface area contributed by atoms with Gasteiger partial charge in [0.2, 0.25) is 5.91 Å². The molecule has 1 unspecified atom stereocenters. The van der Waals surface area contributed by atoms with Gasteiger partial charge in [0.1, 0.15) is 11.6 Å². The zero-order valence-electron chi connectivity index (χ0n) is 14.1. The lowest BCUT2D eigenvalue weighted by Crippen LogP contribution is -2.23. The average molecular weight is 374 g/mol. The zero-order valence-corrected chi connectivity index (χ0v) is 14.9. The second-order valence-corrected chi connectivity index (χ2v) is 6.91. The van der Waals surface area contributed by atoms with Crippen molar-refractivity contribution in [2.75, 3.05) is 5.32 Å². The molecular weight excluding hydrogens is 358 g/mol. The largest absolute Gasteiger partial charge is 0.323 e. The van der Waals surface area contributed by atoms with Crippen molar-refractivity contribution in [3.05, 3.63) is 60.2 Å². The molecule has 0 fully saturated rings. The standard InChI is InChI=1S/C18H16F2N4OS/c1-11(17(25)21-15-10-13(19)8-9-14(15)20)26-18-23-22-16(24(18)2)12-6-4-3-5-7-12/h3-11H,1-2H3,(H,21,25). The monoisotopic (exact) mass is 374 g/mol. The molecule has 0 saturated carbocycles. The third-order valence-electron chi connectivity index (χ3n) is 3.70. The molecule has 3 rings (SSSR count). The van der Waals surface area contributed by atoms with Gasteiger partial charge in [-0.15, -0.1) is 10.2 Å². The molecule has 1 amide bonds. The van der Waals surface area contributed by atoms with Gasteiger partial charge in [-0.3, -0.25) is 4.79 Å². The molecule has 1 aromatic heterocycles. The summed E-state index contributed by atoms with van der Waals surface area (Å²) in [6, 6.07) is 12.5. The molecule has 26 heavy (non-hydrogen) atoms. The Hall–Kier alpha value is -2.74. The van der Waals surface area contributed by atoms with Crippen molar-refractivity contribution < 1.29 is 13.6 Å². The Morgan fingerprint density at radius 2 is 1.88 bits per heavy atom. The summed E-state index contributed by atoms with van der Waals surface area (Å²) in [5, 5.41) is 10.6. The van der Waals surface area contributed by atoms with Crippen molar-refractivity contribution in [3.63, 3.8) is 0 Å². The van der Waals surface area contributed by atoms with E-state index in [-0.39, 0.29) is 5.69 Å². The van der Waals surface area contributed by atoms with Gasteiger partial charge in [0.15, 0.2) is 11.0 Å². The highest BCUT2D eigenvalue weighted by atomic mass is 32.2. The first-order valence-electron chi connectivity index (χ1n) is 7.83. The molecule has 1 atom stereocenters. The number of amides is 1. The van der Waals surface area contributed by atoms with E-state index in [1.807, 2.05) is 37.4 Å². The number of halogens is 2. The Labute approximate surface area is 153 Å². The molecule has 0 bridgehead atoms. The Morgan fingerprint density at radius 3 is 2.62 bits per heavy atom. The van der Waals surface area contributed by atoms with Crippen LogP contribution in [0.25, 0.3) is 11.4 Å². The molecule has 0 aliphatic heterocycles. The normalized spacial score (nSPS) is 12.0. The number of rotatable bonds is 5. The molecule has 2 aromatic carbocycles. The Bertz CT molecular complexity index is 930. The first-order valence-corrected chi connectivity index (χ1v) is 8.71. The number of carbonyl (C=O) groups is 1. The molecule has 0 spiro atoms. The lowest BCUT2D eigenvalue weighted by Gasteiger charge is -2.12. The van der Waals surface area contributed by atoms with Crippen LogP contribution in [0.2, 0.25) is 0 Å². The van der Waals surface area contributed by atoms with E-state index in [0.29, 0.717) is 11.0 Å². The highest BCUT2D eigenvalue weighted by Crippen LogP contribution is 2.26. The molecule has 1 N–H and O–H groups in total. The number of anilines is 1. The number of carbonyl (C=O) groups excluding carboxylic acids is 1. The molecule has 3 aromatic rings. The van der Waals surface area contributed by atoms with E-state index in [0.717, 1.165) is 23.8 Å². The van der Waals surface area contributed by atoms with E-state index in [9.17, 15) is 13.6 Å². The van der Waals surface area contributed by atoms with E-state index < -0.39 is 22.8 Å². The van der Waals surface area contributed by atoms with Crippen LogP contribution >= 0.6 is 11.8 Å². The quantitative estimate of drug-likeness (QED) is 0.689. The molecule has 134 valence electrons. The summed E-state index contributed by atoms with van der Waals surface area (Å²) in [6.07, 6.45) is 0. The third-order valence-corrected chi connectivity index (χ3v) is 4.84. The van der Waals surface area contributed by atoms with Crippen LogP contribution in [0.3, 0.4) is 0 Å². The fourth-order valence-electron chi connectivity index (χ4n) is 2.30. The van der Waals surface area contributed by atoms with Crippen LogP contribution in [0.1, 0.15) is 6.92 Å². The van der Waals surface area contributed by atoms with Gasteiger partial charge >= 0.3 is 0 Å². The van der Waals surface area contributed by atoms with Crippen molar-refractivity contribution in [2.24, 2.45) is 7.05 Å². The van der Waals surface area contributed by atoms with Crippen LogP contribution in [0.5, 0.6) is 0 Å². The van der Waals surface area contributed by atoms with Crippen LogP contribution in [-0.2, 0) is 11.8 Å². The van der Waals surface area contributed by atoms with Gasteiger partial charge < -0.3 is 9.88 Å². The van der Waals surface area contributed by atoms with Crippen LogP contribution in [0, 0.1) is 11.6 Å². The van der Waals surface area contributed by atoms with Crippen molar-refractivity contribution >= 4 is 23.4 Å². The maximum absolute atomic E-state index is 13.7. The summed E-state index contributed by atoms with van der Waals surface area (Å²) >= 11 is 1.18. The summed E-state index contributed by atoms with van der Waals surface area (Å²) in [4.78, 5) is 12.3. The summed E-state index contributed by atoms with van der Waals surface area (Å²) in [5.41, 5.74) is 0.721. The Balaban J connectivity index is 1.72. The van der Waals surface area contributed by atoms with Crippen LogP contribution in [0.4, 0.5) is 14.5 Å². The molecule has 0 aliphatic rings. The predicted octanol–water partition coefficient (Wildman–Crippen LogP) is 3.88.